The molecule has 5 nitrogen and oxygen atoms in total. The molecule has 0 spiro atoms. The first-order valence-corrected chi connectivity index (χ1v) is 8.71. The fraction of sp³-hybridized carbons (Fsp3) is 0.556. The van der Waals surface area contributed by atoms with E-state index in [4.69, 9.17) is 10.8 Å². The van der Waals surface area contributed by atoms with Gasteiger partial charge in [-0.2, -0.15) is 13.9 Å². The van der Waals surface area contributed by atoms with Gasteiger partial charge in [0, 0.05) is 28.9 Å². The second-order valence-electron chi connectivity index (χ2n) is 7.39. The number of hydrogen-bond acceptors (Lipinski definition) is 4. The lowest BCUT2D eigenvalue weighted by Crippen LogP contribution is -2.16. The summed E-state index contributed by atoms with van der Waals surface area (Å²) in [7, 11) is 0. The van der Waals surface area contributed by atoms with Crippen LogP contribution in [-0.2, 0) is 5.41 Å². The van der Waals surface area contributed by atoms with E-state index in [1.165, 1.54) is 37.4 Å². The molecule has 2 atom stereocenters. The Kier molecular flexibility index (Phi) is 3.70. The molecule has 2 N–H and O–H groups in total. The Bertz CT molecular complexity index is 804. The molecule has 0 radical (unpaired) electrons. The number of nitrogens with zero attached hydrogens (tertiary/aromatic N) is 3. The summed E-state index contributed by atoms with van der Waals surface area (Å²) < 4.78 is 31.6. The summed E-state index contributed by atoms with van der Waals surface area (Å²) in [6.45, 7) is 1.28. The Hall–Kier alpha value is -2.18. The zero-order valence-corrected chi connectivity index (χ0v) is 14.4. The van der Waals surface area contributed by atoms with Gasteiger partial charge in [0.1, 0.15) is 0 Å². The van der Waals surface area contributed by atoms with Crippen LogP contribution in [0.1, 0.15) is 51.3 Å². The number of fused-ring (bicyclic) bond motifs is 1. The summed E-state index contributed by atoms with van der Waals surface area (Å²) in [4.78, 5) is 3.99. The number of ether oxygens (including phenoxy) is 1. The summed E-state index contributed by atoms with van der Waals surface area (Å²) in [5.74, 6) is 0.595. The summed E-state index contributed by atoms with van der Waals surface area (Å²) in [6.07, 6.45) is 6.54. The molecule has 2 fully saturated rings. The number of halogens is 2. The molecule has 2 aromatic heterocycles. The van der Waals surface area contributed by atoms with Crippen LogP contribution in [0.2, 0.25) is 0 Å². The highest BCUT2D eigenvalue weighted by atomic mass is 19.3. The number of nitrogen functional groups attached to an aromatic ring is 1. The average Bonchev–Trinajstić information content (AvgIpc) is 2.94. The van der Waals surface area contributed by atoms with Crippen molar-refractivity contribution in [2.45, 2.75) is 57.6 Å². The summed E-state index contributed by atoms with van der Waals surface area (Å²) >= 11 is 0. The Morgan fingerprint density at radius 3 is 2.76 bits per heavy atom. The van der Waals surface area contributed by atoms with Crippen molar-refractivity contribution >= 4 is 5.82 Å². The van der Waals surface area contributed by atoms with Gasteiger partial charge in [-0.3, -0.25) is 4.68 Å². The fourth-order valence-corrected chi connectivity index (χ4v) is 4.26. The predicted molar refractivity (Wildman–Crippen MR) is 90.5 cm³/mol. The topological polar surface area (TPSA) is 66.0 Å². The van der Waals surface area contributed by atoms with Crippen molar-refractivity contribution in [2.24, 2.45) is 5.92 Å². The quantitative estimate of drug-likeness (QED) is 0.881. The second-order valence-corrected chi connectivity index (χ2v) is 7.39. The Morgan fingerprint density at radius 1 is 1.36 bits per heavy atom. The fourth-order valence-electron chi connectivity index (χ4n) is 4.26. The van der Waals surface area contributed by atoms with Gasteiger partial charge in [-0.05, 0) is 51.2 Å². The molecule has 2 aliphatic rings. The maximum absolute atomic E-state index is 12.5. The average molecular weight is 348 g/mol. The van der Waals surface area contributed by atoms with E-state index in [-0.39, 0.29) is 23.0 Å². The maximum Gasteiger partial charge on any atom is 0.387 e. The monoisotopic (exact) mass is 348 g/mol. The number of hydrogen-bond donors (Lipinski definition) is 1. The third-order valence-electron chi connectivity index (χ3n) is 5.54. The second kappa shape index (κ2) is 5.68. The third kappa shape index (κ3) is 2.65. The maximum atomic E-state index is 12.5. The molecule has 2 aliphatic carbocycles. The van der Waals surface area contributed by atoms with Crippen molar-refractivity contribution in [3.8, 4) is 17.0 Å². The number of pyridine rings is 1. The van der Waals surface area contributed by atoms with Crippen molar-refractivity contribution in [3.63, 3.8) is 0 Å². The summed E-state index contributed by atoms with van der Waals surface area (Å²) in [5, 5.41) is 4.74. The van der Waals surface area contributed by atoms with E-state index in [1.807, 2.05) is 0 Å². The van der Waals surface area contributed by atoms with E-state index in [0.29, 0.717) is 5.56 Å². The molecule has 0 aromatic carbocycles. The minimum Gasteiger partial charge on any atom is -0.431 e. The van der Waals surface area contributed by atoms with Gasteiger partial charge in [-0.1, -0.05) is 6.42 Å². The lowest BCUT2D eigenvalue weighted by atomic mass is 9.98. The van der Waals surface area contributed by atoms with E-state index in [2.05, 4.69) is 34.3 Å². The highest BCUT2D eigenvalue weighted by Crippen LogP contribution is 2.64. The third-order valence-corrected chi connectivity index (χ3v) is 5.54. The first kappa shape index (κ1) is 16.3. The molecular weight excluding hydrogens is 326 g/mol. The van der Waals surface area contributed by atoms with Crippen molar-refractivity contribution in [1.82, 2.24) is 14.8 Å². The Morgan fingerprint density at radius 2 is 2.16 bits per heavy atom. The largest absolute Gasteiger partial charge is 0.431 e. The minimum absolute atomic E-state index is 0.0517. The molecule has 2 heterocycles. The van der Waals surface area contributed by atoms with Crippen LogP contribution in [0.3, 0.4) is 0 Å². The first-order valence-electron chi connectivity index (χ1n) is 8.71. The molecule has 0 saturated heterocycles. The van der Waals surface area contributed by atoms with Crippen LogP contribution < -0.4 is 10.5 Å². The van der Waals surface area contributed by atoms with Crippen LogP contribution in [0, 0.1) is 5.92 Å². The molecule has 2 saturated carbocycles. The van der Waals surface area contributed by atoms with E-state index in [9.17, 15) is 8.78 Å². The normalized spacial score (nSPS) is 24.8. The highest BCUT2D eigenvalue weighted by Gasteiger charge is 2.59. The molecule has 0 amide bonds. The zero-order valence-electron chi connectivity index (χ0n) is 14.4. The van der Waals surface area contributed by atoms with Gasteiger partial charge < -0.3 is 10.5 Å². The van der Waals surface area contributed by atoms with Gasteiger partial charge in [0.15, 0.2) is 11.6 Å². The van der Waals surface area contributed by atoms with Gasteiger partial charge in [0.2, 0.25) is 0 Å². The Balaban J connectivity index is 1.74. The van der Waals surface area contributed by atoms with Crippen LogP contribution in [0.5, 0.6) is 5.75 Å². The lowest BCUT2D eigenvalue weighted by molar-refractivity contribution is -0.0494. The number of nitrogens with two attached hydrogens (primary N) is 1. The molecule has 0 bridgehead atoms. The molecule has 4 rings (SSSR count). The van der Waals surface area contributed by atoms with E-state index >= 15 is 0 Å². The predicted octanol–water partition coefficient (Wildman–Crippen LogP) is 4.15. The van der Waals surface area contributed by atoms with Gasteiger partial charge in [-0.25, -0.2) is 4.98 Å². The number of anilines is 1. The van der Waals surface area contributed by atoms with E-state index in [1.54, 1.807) is 6.20 Å². The number of alkyl halides is 2. The van der Waals surface area contributed by atoms with E-state index < -0.39 is 6.61 Å². The van der Waals surface area contributed by atoms with Crippen molar-refractivity contribution < 1.29 is 13.5 Å². The van der Waals surface area contributed by atoms with Crippen molar-refractivity contribution in [2.75, 3.05) is 5.73 Å². The van der Waals surface area contributed by atoms with Crippen LogP contribution >= 0.6 is 0 Å². The minimum atomic E-state index is -2.94. The SMILES string of the molecule is CC(C)n1nc(-c2cnc(N)c(OC(F)F)c2)cc1[C@]12CCC[C@H]1C2. The van der Waals surface area contributed by atoms with Crippen LogP contribution in [-0.4, -0.2) is 21.4 Å². The van der Waals surface area contributed by atoms with E-state index in [0.717, 1.165) is 11.6 Å². The van der Waals surface area contributed by atoms with Crippen LogP contribution in [0.15, 0.2) is 18.3 Å². The van der Waals surface area contributed by atoms with Gasteiger partial charge in [0.25, 0.3) is 0 Å². The van der Waals surface area contributed by atoms with Gasteiger partial charge in [-0.15, -0.1) is 0 Å². The number of aromatic nitrogens is 3. The van der Waals surface area contributed by atoms with Crippen LogP contribution in [0.25, 0.3) is 11.3 Å². The smallest absolute Gasteiger partial charge is 0.387 e. The van der Waals surface area contributed by atoms with Crippen molar-refractivity contribution in [3.05, 3.63) is 24.0 Å². The summed E-state index contributed by atoms with van der Waals surface area (Å²) in [5.41, 5.74) is 8.51. The standard InChI is InChI=1S/C18H22F2N4O/c1-10(2)24-15(18-5-3-4-12(18)8-18)7-13(23-24)11-6-14(25-17(19)20)16(21)22-9-11/h6-7,9-10,12,17H,3-5,8H2,1-2H3,(H2,21,22)/t12-,18-/m0/s1. The molecule has 7 heteroatoms. The lowest BCUT2D eigenvalue weighted by Gasteiger charge is -2.17. The first-order chi connectivity index (χ1) is 11.9. The summed E-state index contributed by atoms with van der Waals surface area (Å²) in [6, 6.07) is 3.81. The molecule has 2 aromatic rings. The van der Waals surface area contributed by atoms with Crippen molar-refractivity contribution in [1.29, 1.82) is 0 Å². The molecule has 134 valence electrons. The van der Waals surface area contributed by atoms with Gasteiger partial charge in [0.05, 0.1) is 5.69 Å². The molecular formula is C18H22F2N4O. The molecule has 0 aliphatic heterocycles. The Labute approximate surface area is 145 Å². The zero-order chi connectivity index (χ0) is 17.8. The van der Waals surface area contributed by atoms with Gasteiger partial charge >= 0.3 is 6.61 Å². The molecule has 25 heavy (non-hydrogen) atoms. The number of rotatable bonds is 5. The molecule has 0 unspecified atom stereocenters. The van der Waals surface area contributed by atoms with Crippen LogP contribution in [0.4, 0.5) is 14.6 Å². The highest BCUT2D eigenvalue weighted by molar-refractivity contribution is 5.64.